The molecule has 0 saturated carbocycles. The Labute approximate surface area is 126 Å². The van der Waals surface area contributed by atoms with Gasteiger partial charge in [0.2, 0.25) is 0 Å². The average molecular weight is 305 g/mol. The van der Waals surface area contributed by atoms with E-state index in [0.29, 0.717) is 11.3 Å². The molecule has 0 spiro atoms. The molecule has 1 amide bonds. The lowest BCUT2D eigenvalue weighted by Crippen LogP contribution is -2.34. The molecule has 1 heterocycles. The standard InChI is InChI=1S/C15H16FN3O3/c1-9-7-11(16)3-4-13(9)19-6-5-12(18-19)15(22)17-10(2)8-14(20)21/h3-7,10H,8H2,1-2H3,(H,17,22)(H,20,21). The fourth-order valence-electron chi connectivity index (χ4n) is 2.07. The smallest absolute Gasteiger partial charge is 0.305 e. The summed E-state index contributed by atoms with van der Waals surface area (Å²) in [5.41, 5.74) is 1.52. The Morgan fingerprint density at radius 2 is 2.14 bits per heavy atom. The highest BCUT2D eigenvalue weighted by Gasteiger charge is 2.15. The fraction of sp³-hybridized carbons (Fsp3) is 0.267. The van der Waals surface area contributed by atoms with E-state index in [1.54, 1.807) is 26.1 Å². The molecule has 0 aliphatic heterocycles. The van der Waals surface area contributed by atoms with Gasteiger partial charge in [0.1, 0.15) is 5.82 Å². The second-order valence-corrected chi connectivity index (χ2v) is 5.05. The van der Waals surface area contributed by atoms with E-state index in [2.05, 4.69) is 10.4 Å². The normalized spacial score (nSPS) is 12.0. The number of nitrogens with one attached hydrogen (secondary N) is 1. The first kappa shape index (κ1) is 15.7. The van der Waals surface area contributed by atoms with Crippen LogP contribution in [0.3, 0.4) is 0 Å². The third kappa shape index (κ3) is 3.69. The Morgan fingerprint density at radius 3 is 2.77 bits per heavy atom. The number of carbonyl (C=O) groups excluding carboxylic acids is 1. The van der Waals surface area contributed by atoms with E-state index in [-0.39, 0.29) is 17.9 Å². The molecule has 0 bridgehead atoms. The van der Waals surface area contributed by atoms with Gasteiger partial charge in [-0.15, -0.1) is 0 Å². The molecular weight excluding hydrogens is 289 g/mol. The monoisotopic (exact) mass is 305 g/mol. The lowest BCUT2D eigenvalue weighted by Gasteiger charge is -2.10. The van der Waals surface area contributed by atoms with Crippen molar-refractivity contribution in [2.24, 2.45) is 0 Å². The van der Waals surface area contributed by atoms with Gasteiger partial charge in [0, 0.05) is 12.2 Å². The molecule has 0 fully saturated rings. The summed E-state index contributed by atoms with van der Waals surface area (Å²) in [4.78, 5) is 22.6. The van der Waals surface area contributed by atoms with Crippen molar-refractivity contribution >= 4 is 11.9 Å². The Hall–Kier alpha value is -2.70. The van der Waals surface area contributed by atoms with Crippen molar-refractivity contribution in [3.05, 3.63) is 47.5 Å². The molecule has 0 saturated heterocycles. The van der Waals surface area contributed by atoms with Gasteiger partial charge in [0.05, 0.1) is 12.1 Å². The van der Waals surface area contributed by atoms with E-state index in [4.69, 9.17) is 5.11 Å². The number of halogens is 1. The van der Waals surface area contributed by atoms with Gasteiger partial charge in [-0.3, -0.25) is 9.59 Å². The summed E-state index contributed by atoms with van der Waals surface area (Å²) in [6.07, 6.45) is 1.43. The molecule has 116 valence electrons. The zero-order chi connectivity index (χ0) is 16.3. The molecule has 0 aliphatic rings. The van der Waals surface area contributed by atoms with Gasteiger partial charge in [-0.2, -0.15) is 5.10 Å². The van der Waals surface area contributed by atoms with Crippen LogP contribution in [0, 0.1) is 12.7 Å². The third-order valence-corrected chi connectivity index (χ3v) is 3.09. The first-order chi connectivity index (χ1) is 10.4. The summed E-state index contributed by atoms with van der Waals surface area (Å²) in [5.74, 6) is -1.78. The van der Waals surface area contributed by atoms with E-state index in [0.717, 1.165) is 0 Å². The minimum Gasteiger partial charge on any atom is -0.481 e. The van der Waals surface area contributed by atoms with E-state index in [1.807, 2.05) is 0 Å². The van der Waals surface area contributed by atoms with Crippen LogP contribution in [0.2, 0.25) is 0 Å². The van der Waals surface area contributed by atoms with Gasteiger partial charge in [0.25, 0.3) is 5.91 Å². The lowest BCUT2D eigenvalue weighted by molar-refractivity contribution is -0.137. The number of carboxylic acid groups (broad SMARTS) is 1. The highest BCUT2D eigenvalue weighted by molar-refractivity contribution is 5.92. The largest absolute Gasteiger partial charge is 0.481 e. The first-order valence-corrected chi connectivity index (χ1v) is 6.71. The molecule has 2 N–H and O–H groups in total. The Bertz CT molecular complexity index is 712. The zero-order valence-electron chi connectivity index (χ0n) is 12.2. The van der Waals surface area contributed by atoms with Crippen molar-refractivity contribution in [2.75, 3.05) is 0 Å². The molecule has 1 aromatic carbocycles. The number of nitrogens with zero attached hydrogens (tertiary/aromatic N) is 2. The Kier molecular flexibility index (Phi) is 4.55. The molecule has 2 aromatic rings. The number of rotatable bonds is 5. The summed E-state index contributed by atoms with van der Waals surface area (Å²) >= 11 is 0. The maximum absolute atomic E-state index is 13.1. The van der Waals surface area contributed by atoms with E-state index in [9.17, 15) is 14.0 Å². The van der Waals surface area contributed by atoms with Gasteiger partial charge < -0.3 is 10.4 Å². The number of hydrogen-bond donors (Lipinski definition) is 2. The van der Waals surface area contributed by atoms with Crippen LogP contribution in [-0.4, -0.2) is 32.8 Å². The van der Waals surface area contributed by atoms with Crippen molar-refractivity contribution in [3.63, 3.8) is 0 Å². The topological polar surface area (TPSA) is 84.2 Å². The first-order valence-electron chi connectivity index (χ1n) is 6.71. The summed E-state index contributed by atoms with van der Waals surface area (Å²) in [5, 5.41) is 15.4. The minimum absolute atomic E-state index is 0.163. The van der Waals surface area contributed by atoms with Crippen LogP contribution in [0.5, 0.6) is 0 Å². The number of benzene rings is 1. The summed E-state index contributed by atoms with van der Waals surface area (Å²) in [7, 11) is 0. The molecule has 22 heavy (non-hydrogen) atoms. The third-order valence-electron chi connectivity index (χ3n) is 3.09. The second-order valence-electron chi connectivity index (χ2n) is 5.05. The van der Waals surface area contributed by atoms with Crippen LogP contribution < -0.4 is 5.32 Å². The number of aromatic nitrogens is 2. The summed E-state index contributed by atoms with van der Waals surface area (Å²) < 4.78 is 14.6. The molecule has 1 atom stereocenters. The number of hydrogen-bond acceptors (Lipinski definition) is 3. The van der Waals surface area contributed by atoms with Gasteiger partial charge in [-0.05, 0) is 43.7 Å². The predicted molar refractivity (Wildman–Crippen MR) is 77.4 cm³/mol. The molecule has 1 unspecified atom stereocenters. The minimum atomic E-state index is -0.986. The highest BCUT2D eigenvalue weighted by atomic mass is 19.1. The molecule has 6 nitrogen and oxygen atoms in total. The van der Waals surface area contributed by atoms with Crippen LogP contribution in [0.15, 0.2) is 30.5 Å². The SMILES string of the molecule is Cc1cc(F)ccc1-n1ccc(C(=O)NC(C)CC(=O)O)n1. The van der Waals surface area contributed by atoms with Crippen LogP contribution in [-0.2, 0) is 4.79 Å². The van der Waals surface area contributed by atoms with Crippen molar-refractivity contribution in [1.29, 1.82) is 0 Å². The second kappa shape index (κ2) is 6.38. The van der Waals surface area contributed by atoms with Crippen molar-refractivity contribution in [3.8, 4) is 5.69 Å². The number of carboxylic acids is 1. The average Bonchev–Trinajstić information content (AvgIpc) is 2.86. The number of aryl methyl sites for hydroxylation is 1. The number of carbonyl (C=O) groups is 2. The number of amides is 1. The highest BCUT2D eigenvalue weighted by Crippen LogP contribution is 2.15. The van der Waals surface area contributed by atoms with Crippen LogP contribution >= 0.6 is 0 Å². The van der Waals surface area contributed by atoms with Crippen molar-refractivity contribution < 1.29 is 19.1 Å². The van der Waals surface area contributed by atoms with Crippen molar-refractivity contribution in [1.82, 2.24) is 15.1 Å². The van der Waals surface area contributed by atoms with Crippen LogP contribution in [0.25, 0.3) is 5.69 Å². The van der Waals surface area contributed by atoms with Crippen LogP contribution in [0.1, 0.15) is 29.4 Å². The van der Waals surface area contributed by atoms with E-state index >= 15 is 0 Å². The molecule has 0 aliphatic carbocycles. The van der Waals surface area contributed by atoms with Crippen molar-refractivity contribution in [2.45, 2.75) is 26.3 Å². The Morgan fingerprint density at radius 1 is 1.41 bits per heavy atom. The van der Waals surface area contributed by atoms with E-state index in [1.165, 1.54) is 22.9 Å². The molecule has 0 radical (unpaired) electrons. The maximum Gasteiger partial charge on any atom is 0.305 e. The molecule has 7 heteroatoms. The fourth-order valence-corrected chi connectivity index (χ4v) is 2.07. The zero-order valence-corrected chi connectivity index (χ0v) is 12.2. The van der Waals surface area contributed by atoms with Gasteiger partial charge in [-0.1, -0.05) is 0 Å². The maximum atomic E-state index is 13.1. The summed E-state index contributed by atoms with van der Waals surface area (Å²) in [6.45, 7) is 3.35. The summed E-state index contributed by atoms with van der Waals surface area (Å²) in [6, 6.07) is 5.30. The van der Waals surface area contributed by atoms with Crippen LogP contribution in [0.4, 0.5) is 4.39 Å². The van der Waals surface area contributed by atoms with Gasteiger partial charge in [-0.25, -0.2) is 9.07 Å². The van der Waals surface area contributed by atoms with Gasteiger partial charge >= 0.3 is 5.97 Å². The quantitative estimate of drug-likeness (QED) is 0.884. The molecular formula is C15H16FN3O3. The van der Waals surface area contributed by atoms with E-state index < -0.39 is 17.9 Å². The molecule has 1 aromatic heterocycles. The lowest BCUT2D eigenvalue weighted by atomic mass is 10.2. The Balaban J connectivity index is 2.14. The molecule has 2 rings (SSSR count). The van der Waals surface area contributed by atoms with Gasteiger partial charge in [0.15, 0.2) is 5.69 Å². The number of aliphatic carboxylic acids is 1. The predicted octanol–water partition coefficient (Wildman–Crippen LogP) is 1.91.